The maximum Gasteiger partial charge on any atom is 0.127 e. The summed E-state index contributed by atoms with van der Waals surface area (Å²) in [5.74, 6) is 0.717. The fraction of sp³-hybridized carbons (Fsp3) is 0.333. The predicted octanol–water partition coefficient (Wildman–Crippen LogP) is 4.12. The molecule has 1 unspecified atom stereocenters. The van der Waals surface area contributed by atoms with Gasteiger partial charge in [0.05, 0.1) is 7.11 Å². The molecule has 3 heteroatoms. The van der Waals surface area contributed by atoms with Gasteiger partial charge in [0.2, 0.25) is 0 Å². The number of hydrogen-bond donors (Lipinski definition) is 1. The number of rotatable bonds is 7. The van der Waals surface area contributed by atoms with E-state index >= 15 is 0 Å². The van der Waals surface area contributed by atoms with E-state index in [0.717, 1.165) is 30.7 Å². The highest BCUT2D eigenvalue weighted by atomic mass is 19.1. The van der Waals surface area contributed by atoms with Crippen LogP contribution in [0.2, 0.25) is 0 Å². The molecular formula is C18H22FNO. The van der Waals surface area contributed by atoms with Crippen LogP contribution in [-0.2, 0) is 6.42 Å². The first kappa shape index (κ1) is 15.5. The Kier molecular flexibility index (Phi) is 5.76. The molecule has 0 radical (unpaired) electrons. The number of benzene rings is 2. The van der Waals surface area contributed by atoms with Crippen molar-refractivity contribution in [1.82, 2.24) is 5.32 Å². The van der Waals surface area contributed by atoms with Gasteiger partial charge < -0.3 is 10.1 Å². The highest BCUT2D eigenvalue weighted by Gasteiger charge is 2.14. The lowest BCUT2D eigenvalue weighted by molar-refractivity contribution is 0.414. The zero-order chi connectivity index (χ0) is 15.1. The summed E-state index contributed by atoms with van der Waals surface area (Å²) in [5, 5.41) is 3.37. The Morgan fingerprint density at radius 1 is 1.10 bits per heavy atom. The molecule has 0 aromatic heterocycles. The molecule has 0 spiro atoms. The number of nitrogens with one attached hydrogen (secondary N) is 1. The van der Waals surface area contributed by atoms with E-state index in [0.29, 0.717) is 0 Å². The van der Waals surface area contributed by atoms with Crippen molar-refractivity contribution < 1.29 is 9.13 Å². The van der Waals surface area contributed by atoms with Crippen molar-refractivity contribution in [2.24, 2.45) is 0 Å². The molecule has 0 heterocycles. The van der Waals surface area contributed by atoms with Gasteiger partial charge in [-0.1, -0.05) is 37.3 Å². The van der Waals surface area contributed by atoms with Gasteiger partial charge >= 0.3 is 0 Å². The van der Waals surface area contributed by atoms with E-state index in [4.69, 9.17) is 4.74 Å². The third kappa shape index (κ3) is 4.30. The van der Waals surface area contributed by atoms with E-state index in [2.05, 4.69) is 17.4 Å². The second kappa shape index (κ2) is 7.79. The fourth-order valence-electron chi connectivity index (χ4n) is 2.47. The Morgan fingerprint density at radius 2 is 1.81 bits per heavy atom. The Balaban J connectivity index is 2.04. The summed E-state index contributed by atoms with van der Waals surface area (Å²) in [5.41, 5.74) is 1.97. The van der Waals surface area contributed by atoms with Crippen LogP contribution < -0.4 is 10.1 Å². The van der Waals surface area contributed by atoms with Crippen molar-refractivity contribution in [1.29, 1.82) is 0 Å². The van der Waals surface area contributed by atoms with Crippen LogP contribution in [0.3, 0.4) is 0 Å². The molecule has 0 fully saturated rings. The maximum atomic E-state index is 13.9. The van der Waals surface area contributed by atoms with Crippen molar-refractivity contribution in [2.45, 2.75) is 25.8 Å². The Labute approximate surface area is 126 Å². The van der Waals surface area contributed by atoms with E-state index in [1.54, 1.807) is 13.2 Å². The molecule has 0 aliphatic rings. The van der Waals surface area contributed by atoms with Crippen LogP contribution in [0.25, 0.3) is 0 Å². The average molecular weight is 287 g/mol. The summed E-state index contributed by atoms with van der Waals surface area (Å²) < 4.78 is 19.1. The SMILES string of the molecule is CCNC(CCc1ccc(OC)cc1)c1ccccc1F. The summed E-state index contributed by atoms with van der Waals surface area (Å²) in [4.78, 5) is 0. The van der Waals surface area contributed by atoms with E-state index < -0.39 is 0 Å². The molecule has 0 aliphatic heterocycles. The van der Waals surface area contributed by atoms with Gasteiger partial charge in [0.25, 0.3) is 0 Å². The molecular weight excluding hydrogens is 265 g/mol. The van der Waals surface area contributed by atoms with Crippen molar-refractivity contribution in [3.63, 3.8) is 0 Å². The maximum absolute atomic E-state index is 13.9. The van der Waals surface area contributed by atoms with Gasteiger partial charge in [-0.2, -0.15) is 0 Å². The minimum atomic E-state index is -0.141. The zero-order valence-corrected chi connectivity index (χ0v) is 12.6. The second-order valence-corrected chi connectivity index (χ2v) is 5.02. The molecule has 1 N–H and O–H groups in total. The van der Waals surface area contributed by atoms with Crippen LogP contribution in [0, 0.1) is 5.82 Å². The first-order valence-electron chi connectivity index (χ1n) is 7.35. The molecule has 2 nitrogen and oxygen atoms in total. The quantitative estimate of drug-likeness (QED) is 0.827. The fourth-order valence-corrected chi connectivity index (χ4v) is 2.47. The van der Waals surface area contributed by atoms with Gasteiger partial charge in [-0.05, 0) is 43.1 Å². The molecule has 1 atom stereocenters. The number of hydrogen-bond acceptors (Lipinski definition) is 2. The molecule has 0 amide bonds. The van der Waals surface area contributed by atoms with Crippen LogP contribution in [0.1, 0.15) is 30.5 Å². The molecule has 2 aromatic rings. The summed E-state index contributed by atoms with van der Waals surface area (Å²) in [7, 11) is 1.66. The highest BCUT2D eigenvalue weighted by molar-refractivity contribution is 5.28. The van der Waals surface area contributed by atoms with E-state index in [-0.39, 0.29) is 11.9 Å². The number of aryl methyl sites for hydroxylation is 1. The lowest BCUT2D eigenvalue weighted by atomic mass is 9.98. The molecule has 21 heavy (non-hydrogen) atoms. The summed E-state index contributed by atoms with van der Waals surface area (Å²) in [6.45, 7) is 2.86. The van der Waals surface area contributed by atoms with Gasteiger partial charge in [0.1, 0.15) is 11.6 Å². The summed E-state index contributed by atoms with van der Waals surface area (Å²) in [6.07, 6.45) is 1.76. The smallest absolute Gasteiger partial charge is 0.127 e. The summed E-state index contributed by atoms with van der Waals surface area (Å²) >= 11 is 0. The highest BCUT2D eigenvalue weighted by Crippen LogP contribution is 2.22. The third-order valence-electron chi connectivity index (χ3n) is 3.61. The van der Waals surface area contributed by atoms with Gasteiger partial charge in [-0.3, -0.25) is 0 Å². The monoisotopic (exact) mass is 287 g/mol. The number of ether oxygens (including phenoxy) is 1. The Bertz CT molecular complexity index is 553. The molecule has 0 saturated carbocycles. The van der Waals surface area contributed by atoms with Gasteiger partial charge in [-0.25, -0.2) is 4.39 Å². The van der Waals surface area contributed by atoms with Crippen LogP contribution in [0.4, 0.5) is 4.39 Å². The van der Waals surface area contributed by atoms with Crippen molar-refractivity contribution >= 4 is 0 Å². The first-order valence-corrected chi connectivity index (χ1v) is 7.35. The lowest BCUT2D eigenvalue weighted by Gasteiger charge is -2.19. The van der Waals surface area contributed by atoms with Gasteiger partial charge in [-0.15, -0.1) is 0 Å². The third-order valence-corrected chi connectivity index (χ3v) is 3.61. The number of methoxy groups -OCH3 is 1. The minimum absolute atomic E-state index is 0.0401. The van der Waals surface area contributed by atoms with Gasteiger partial charge in [0.15, 0.2) is 0 Å². The van der Waals surface area contributed by atoms with Crippen LogP contribution in [0.15, 0.2) is 48.5 Å². The molecule has 0 saturated heterocycles. The predicted molar refractivity (Wildman–Crippen MR) is 84.1 cm³/mol. The van der Waals surface area contributed by atoms with Crippen LogP contribution >= 0.6 is 0 Å². The standard InChI is InChI=1S/C18H22FNO/c1-3-20-18(16-6-4-5-7-17(16)19)13-10-14-8-11-15(21-2)12-9-14/h4-9,11-12,18,20H,3,10,13H2,1-2H3. The molecule has 0 aliphatic carbocycles. The molecule has 112 valence electrons. The van der Waals surface area contributed by atoms with E-state index in [1.807, 2.05) is 31.2 Å². The largest absolute Gasteiger partial charge is 0.497 e. The summed E-state index contributed by atoms with van der Waals surface area (Å²) in [6, 6.07) is 15.1. The lowest BCUT2D eigenvalue weighted by Crippen LogP contribution is -2.22. The van der Waals surface area contributed by atoms with E-state index in [9.17, 15) is 4.39 Å². The average Bonchev–Trinajstić information content (AvgIpc) is 2.53. The Morgan fingerprint density at radius 3 is 2.43 bits per heavy atom. The Hall–Kier alpha value is -1.87. The van der Waals surface area contributed by atoms with Gasteiger partial charge in [0, 0.05) is 11.6 Å². The normalized spacial score (nSPS) is 12.1. The van der Waals surface area contributed by atoms with Crippen molar-refractivity contribution in [3.8, 4) is 5.75 Å². The van der Waals surface area contributed by atoms with Crippen LogP contribution in [0.5, 0.6) is 5.75 Å². The first-order chi connectivity index (χ1) is 10.2. The molecule has 2 rings (SSSR count). The van der Waals surface area contributed by atoms with Crippen molar-refractivity contribution in [2.75, 3.05) is 13.7 Å². The number of halogens is 1. The zero-order valence-electron chi connectivity index (χ0n) is 12.6. The topological polar surface area (TPSA) is 21.3 Å². The van der Waals surface area contributed by atoms with Crippen LogP contribution in [-0.4, -0.2) is 13.7 Å². The minimum Gasteiger partial charge on any atom is -0.497 e. The molecule has 2 aromatic carbocycles. The molecule has 0 bridgehead atoms. The van der Waals surface area contributed by atoms with E-state index in [1.165, 1.54) is 11.6 Å². The second-order valence-electron chi connectivity index (χ2n) is 5.02. The van der Waals surface area contributed by atoms with Crippen molar-refractivity contribution in [3.05, 3.63) is 65.5 Å².